The van der Waals surface area contributed by atoms with Crippen LogP contribution >= 0.6 is 11.3 Å². The molecule has 0 aliphatic rings. The Morgan fingerprint density at radius 2 is 1.62 bits per heavy atom. The fraction of sp³-hybridized carbons (Fsp3) is 0.333. The van der Waals surface area contributed by atoms with Gasteiger partial charge < -0.3 is 5.32 Å². The van der Waals surface area contributed by atoms with Crippen molar-refractivity contribution in [2.75, 3.05) is 24.7 Å². The topological polar surface area (TPSA) is 92.3 Å². The molecule has 0 bridgehead atoms. The second kappa shape index (κ2) is 7.22. The molecule has 0 amide bonds. The first-order valence-electron chi connectivity index (χ1n) is 7.20. The van der Waals surface area contributed by atoms with Crippen molar-refractivity contribution in [3.05, 3.63) is 40.1 Å². The highest BCUT2D eigenvalue weighted by atomic mass is 32.2. The second-order valence-electron chi connectivity index (χ2n) is 5.40. The Morgan fingerprint density at radius 1 is 1.00 bits per heavy atom. The van der Waals surface area contributed by atoms with E-state index in [0.29, 0.717) is 11.4 Å². The van der Waals surface area contributed by atoms with Crippen LogP contribution in [-0.2, 0) is 19.9 Å². The molecule has 24 heavy (non-hydrogen) atoms. The third-order valence-electron chi connectivity index (χ3n) is 3.31. The monoisotopic (exact) mass is 388 g/mol. The second-order valence-corrected chi connectivity index (χ2v) is 10.6. The van der Waals surface area contributed by atoms with Crippen LogP contribution in [0, 0.1) is 13.8 Å². The van der Waals surface area contributed by atoms with Gasteiger partial charge in [0.2, 0.25) is 10.0 Å². The van der Waals surface area contributed by atoms with Gasteiger partial charge in [0, 0.05) is 34.8 Å². The molecule has 2 aromatic rings. The van der Waals surface area contributed by atoms with Gasteiger partial charge in [0.15, 0.2) is 9.84 Å². The van der Waals surface area contributed by atoms with Crippen LogP contribution in [0.4, 0.5) is 5.69 Å². The summed E-state index contributed by atoms with van der Waals surface area (Å²) in [6.45, 7) is 4.27. The first kappa shape index (κ1) is 18.9. The Morgan fingerprint density at radius 3 is 2.12 bits per heavy atom. The average molecular weight is 389 g/mol. The van der Waals surface area contributed by atoms with E-state index in [1.165, 1.54) is 23.5 Å². The van der Waals surface area contributed by atoms with Crippen LogP contribution < -0.4 is 10.0 Å². The maximum Gasteiger partial charge on any atom is 0.241 e. The Hall–Kier alpha value is -1.42. The summed E-state index contributed by atoms with van der Waals surface area (Å²) in [5, 5.41) is 3.05. The molecule has 0 saturated heterocycles. The molecule has 0 spiro atoms. The standard InChI is InChI=1S/C15H20N2O4S3/c1-11-10-15(12(2)22-11)24(20,21)17-9-8-16-13-4-6-14(7-5-13)23(3,18)19/h4-7,10,16-17H,8-9H2,1-3H3. The van der Waals surface area contributed by atoms with Gasteiger partial charge in [-0.15, -0.1) is 11.3 Å². The molecule has 9 heteroatoms. The van der Waals surface area contributed by atoms with Crippen LogP contribution in [0.5, 0.6) is 0 Å². The number of rotatable bonds is 7. The van der Waals surface area contributed by atoms with E-state index in [2.05, 4.69) is 10.0 Å². The van der Waals surface area contributed by atoms with E-state index in [1.54, 1.807) is 25.1 Å². The van der Waals surface area contributed by atoms with E-state index in [4.69, 9.17) is 0 Å². The lowest BCUT2D eigenvalue weighted by atomic mass is 10.3. The van der Waals surface area contributed by atoms with Crippen LogP contribution in [0.2, 0.25) is 0 Å². The minimum absolute atomic E-state index is 0.227. The average Bonchev–Trinajstić information content (AvgIpc) is 2.83. The lowest BCUT2D eigenvalue weighted by Gasteiger charge is -2.09. The summed E-state index contributed by atoms with van der Waals surface area (Å²) in [5.74, 6) is 0. The van der Waals surface area contributed by atoms with E-state index in [9.17, 15) is 16.8 Å². The quantitative estimate of drug-likeness (QED) is 0.709. The van der Waals surface area contributed by atoms with Crippen molar-refractivity contribution in [2.24, 2.45) is 0 Å². The molecule has 1 aromatic heterocycles. The first-order valence-corrected chi connectivity index (χ1v) is 11.4. The van der Waals surface area contributed by atoms with Crippen molar-refractivity contribution in [1.82, 2.24) is 4.72 Å². The van der Waals surface area contributed by atoms with Crippen molar-refractivity contribution in [3.8, 4) is 0 Å². The van der Waals surface area contributed by atoms with Gasteiger partial charge in [-0.2, -0.15) is 0 Å². The van der Waals surface area contributed by atoms with Crippen LogP contribution in [0.25, 0.3) is 0 Å². The summed E-state index contributed by atoms with van der Waals surface area (Å²) in [6.07, 6.45) is 1.15. The molecule has 1 aromatic carbocycles. The molecular weight excluding hydrogens is 368 g/mol. The van der Waals surface area contributed by atoms with Crippen LogP contribution in [0.3, 0.4) is 0 Å². The minimum atomic E-state index is -3.51. The molecule has 2 rings (SSSR count). The molecule has 1 heterocycles. The Bertz CT molecular complexity index is 914. The Balaban J connectivity index is 1.90. The normalized spacial score (nSPS) is 12.3. The van der Waals surface area contributed by atoms with Crippen molar-refractivity contribution >= 4 is 36.9 Å². The SMILES string of the molecule is Cc1cc(S(=O)(=O)NCCNc2ccc(S(C)(=O)=O)cc2)c(C)s1. The van der Waals surface area contributed by atoms with Gasteiger partial charge in [-0.3, -0.25) is 0 Å². The summed E-state index contributed by atoms with van der Waals surface area (Å²) >= 11 is 1.45. The molecule has 0 atom stereocenters. The van der Waals surface area contributed by atoms with E-state index >= 15 is 0 Å². The number of hydrogen-bond donors (Lipinski definition) is 2. The maximum absolute atomic E-state index is 12.2. The third-order valence-corrected chi connectivity index (χ3v) is 7.12. The number of benzene rings is 1. The predicted molar refractivity (Wildman–Crippen MR) is 97.0 cm³/mol. The molecule has 0 fully saturated rings. The number of hydrogen-bond acceptors (Lipinski definition) is 6. The number of anilines is 1. The lowest BCUT2D eigenvalue weighted by Crippen LogP contribution is -2.29. The molecule has 0 radical (unpaired) electrons. The summed E-state index contributed by atoms with van der Waals surface area (Å²) in [4.78, 5) is 2.29. The largest absolute Gasteiger partial charge is 0.384 e. The molecule has 6 nitrogen and oxygen atoms in total. The third kappa shape index (κ3) is 4.79. The van der Waals surface area contributed by atoms with E-state index in [-0.39, 0.29) is 11.4 Å². The summed E-state index contributed by atoms with van der Waals surface area (Å²) in [7, 11) is -6.72. The highest BCUT2D eigenvalue weighted by molar-refractivity contribution is 7.90. The van der Waals surface area contributed by atoms with Gasteiger partial charge in [0.05, 0.1) is 9.79 Å². The molecule has 2 N–H and O–H groups in total. The van der Waals surface area contributed by atoms with Gasteiger partial charge in [0.25, 0.3) is 0 Å². The zero-order valence-corrected chi connectivity index (χ0v) is 16.1. The zero-order valence-electron chi connectivity index (χ0n) is 13.7. The van der Waals surface area contributed by atoms with Crippen LogP contribution in [0.15, 0.2) is 40.1 Å². The number of nitrogens with one attached hydrogen (secondary N) is 2. The van der Waals surface area contributed by atoms with Crippen molar-refractivity contribution in [1.29, 1.82) is 0 Å². The van der Waals surface area contributed by atoms with Crippen molar-refractivity contribution in [3.63, 3.8) is 0 Å². The van der Waals surface area contributed by atoms with Crippen molar-refractivity contribution < 1.29 is 16.8 Å². The smallest absolute Gasteiger partial charge is 0.241 e. The van der Waals surface area contributed by atoms with Gasteiger partial charge in [-0.1, -0.05) is 0 Å². The Labute approximate surface area is 146 Å². The van der Waals surface area contributed by atoms with E-state index < -0.39 is 19.9 Å². The van der Waals surface area contributed by atoms with Crippen LogP contribution in [-0.4, -0.2) is 36.2 Å². The molecule has 0 aliphatic carbocycles. The highest BCUT2D eigenvalue weighted by Gasteiger charge is 2.18. The summed E-state index contributed by atoms with van der Waals surface area (Å²) in [5.41, 5.74) is 0.726. The molecule has 0 aliphatic heterocycles. The van der Waals surface area contributed by atoms with Gasteiger partial charge in [0.1, 0.15) is 0 Å². The van der Waals surface area contributed by atoms with Gasteiger partial charge in [-0.05, 0) is 44.2 Å². The zero-order chi connectivity index (χ0) is 18.0. The lowest BCUT2D eigenvalue weighted by molar-refractivity contribution is 0.582. The molecular formula is C15H20N2O4S3. The van der Waals surface area contributed by atoms with E-state index in [0.717, 1.165) is 21.7 Å². The number of thiophene rings is 1. The maximum atomic E-state index is 12.2. The van der Waals surface area contributed by atoms with Gasteiger partial charge in [-0.25, -0.2) is 21.6 Å². The molecule has 132 valence electrons. The number of aryl methyl sites for hydroxylation is 2. The van der Waals surface area contributed by atoms with E-state index in [1.807, 2.05) is 6.92 Å². The number of sulfonamides is 1. The van der Waals surface area contributed by atoms with Gasteiger partial charge >= 0.3 is 0 Å². The summed E-state index contributed by atoms with van der Waals surface area (Å²) < 4.78 is 49.8. The van der Waals surface area contributed by atoms with Crippen LogP contribution in [0.1, 0.15) is 9.75 Å². The fourth-order valence-electron chi connectivity index (χ4n) is 2.16. The Kier molecular flexibility index (Phi) is 5.69. The predicted octanol–water partition coefficient (Wildman–Crippen LogP) is 2.16. The van der Waals surface area contributed by atoms with Crippen molar-refractivity contribution in [2.45, 2.75) is 23.6 Å². The minimum Gasteiger partial charge on any atom is -0.384 e. The highest BCUT2D eigenvalue weighted by Crippen LogP contribution is 2.24. The molecule has 0 unspecified atom stereocenters. The first-order chi connectivity index (χ1) is 11.1. The number of sulfone groups is 1. The fourth-order valence-corrected chi connectivity index (χ4v) is 5.38. The summed E-state index contributed by atoms with van der Waals surface area (Å²) in [6, 6.07) is 7.99. The molecule has 0 saturated carbocycles.